The number of pyridine rings is 1. The molecule has 2 aromatic rings. The van der Waals surface area contributed by atoms with Crippen LogP contribution in [0.5, 0.6) is 0 Å². The van der Waals surface area contributed by atoms with Crippen LogP contribution in [0.2, 0.25) is 0 Å². The van der Waals surface area contributed by atoms with Gasteiger partial charge >= 0.3 is 6.18 Å². The van der Waals surface area contributed by atoms with Crippen LogP contribution in [0.4, 0.5) is 18.9 Å². The smallest absolute Gasteiger partial charge is 0.343 e. The summed E-state index contributed by atoms with van der Waals surface area (Å²) in [5, 5.41) is 3.32. The molecule has 0 atom stereocenters. The number of amidine groups is 1. The molecule has 0 amide bonds. The zero-order chi connectivity index (χ0) is 19.7. The monoisotopic (exact) mass is 388 g/mol. The number of hydrogen-bond donors (Lipinski definition) is 1. The summed E-state index contributed by atoms with van der Waals surface area (Å²) in [4.78, 5) is 11.0. The number of hydrogen-bond acceptors (Lipinski definition) is 4. The molecule has 0 unspecified atom stereocenters. The maximum absolute atomic E-state index is 13.3. The van der Waals surface area contributed by atoms with Gasteiger partial charge in [-0.15, -0.1) is 0 Å². The van der Waals surface area contributed by atoms with E-state index in [9.17, 15) is 13.2 Å². The average Bonchev–Trinajstić information content (AvgIpc) is 2.68. The summed E-state index contributed by atoms with van der Waals surface area (Å²) in [6.07, 6.45) is -0.672. The Hall–Kier alpha value is -2.41. The van der Waals surface area contributed by atoms with Gasteiger partial charge in [-0.3, -0.25) is 14.9 Å². The Morgan fingerprint density at radius 2 is 1.96 bits per heavy atom. The number of fused-ring (bicyclic) bond motifs is 1. The topological polar surface area (TPSA) is 40.5 Å². The Labute approximate surface area is 162 Å². The lowest BCUT2D eigenvalue weighted by Crippen LogP contribution is -2.39. The van der Waals surface area contributed by atoms with Crippen molar-refractivity contribution in [2.24, 2.45) is 10.9 Å². The number of anilines is 1. The lowest BCUT2D eigenvalue weighted by molar-refractivity contribution is -0.137. The van der Waals surface area contributed by atoms with Crippen molar-refractivity contribution >= 4 is 11.5 Å². The first kappa shape index (κ1) is 18.9. The molecular weight excluding hydrogens is 365 g/mol. The van der Waals surface area contributed by atoms with Gasteiger partial charge in [0.2, 0.25) is 0 Å². The molecule has 7 heteroatoms. The van der Waals surface area contributed by atoms with Crippen molar-refractivity contribution in [3.05, 3.63) is 47.7 Å². The number of benzene rings is 1. The van der Waals surface area contributed by atoms with E-state index in [0.717, 1.165) is 48.7 Å². The van der Waals surface area contributed by atoms with Gasteiger partial charge in [-0.1, -0.05) is 19.1 Å². The van der Waals surface area contributed by atoms with Gasteiger partial charge in [0.05, 0.1) is 24.3 Å². The van der Waals surface area contributed by atoms with Crippen LogP contribution in [0.3, 0.4) is 0 Å². The highest BCUT2D eigenvalue weighted by molar-refractivity contribution is 5.99. The van der Waals surface area contributed by atoms with Crippen LogP contribution < -0.4 is 5.32 Å². The largest absolute Gasteiger partial charge is 0.418 e. The second kappa shape index (κ2) is 7.54. The molecule has 3 heterocycles. The normalized spacial score (nSPS) is 18.4. The summed E-state index contributed by atoms with van der Waals surface area (Å²) in [6, 6.07) is 7.65. The first-order chi connectivity index (χ1) is 13.4. The van der Waals surface area contributed by atoms with Crippen molar-refractivity contribution < 1.29 is 13.2 Å². The Morgan fingerprint density at radius 1 is 1.18 bits per heavy atom. The van der Waals surface area contributed by atoms with E-state index in [1.807, 2.05) is 6.07 Å². The van der Waals surface area contributed by atoms with E-state index in [0.29, 0.717) is 12.1 Å². The number of piperidine rings is 1. The quantitative estimate of drug-likeness (QED) is 0.819. The predicted octanol–water partition coefficient (Wildman–Crippen LogP) is 4.82. The van der Waals surface area contributed by atoms with Crippen molar-refractivity contribution in [2.75, 3.05) is 25.0 Å². The molecule has 0 spiro atoms. The van der Waals surface area contributed by atoms with Crippen molar-refractivity contribution in [2.45, 2.75) is 32.5 Å². The lowest BCUT2D eigenvalue weighted by atomic mass is 9.99. The van der Waals surface area contributed by atoms with Crippen LogP contribution in [-0.2, 0) is 12.7 Å². The van der Waals surface area contributed by atoms with Crippen molar-refractivity contribution in [3.8, 4) is 11.3 Å². The van der Waals surface area contributed by atoms with Crippen molar-refractivity contribution in [1.29, 1.82) is 0 Å². The summed E-state index contributed by atoms with van der Waals surface area (Å²) in [5.74, 6) is 1.64. The zero-order valence-electron chi connectivity index (χ0n) is 15.8. The number of aromatic nitrogens is 1. The lowest BCUT2D eigenvalue weighted by Gasteiger charge is -2.31. The summed E-state index contributed by atoms with van der Waals surface area (Å²) >= 11 is 0. The minimum atomic E-state index is -4.44. The molecule has 148 valence electrons. The second-order valence-electron chi connectivity index (χ2n) is 7.62. The third-order valence-electron chi connectivity index (χ3n) is 5.47. The fourth-order valence-corrected chi connectivity index (χ4v) is 3.74. The van der Waals surface area contributed by atoms with Crippen LogP contribution >= 0.6 is 0 Å². The van der Waals surface area contributed by atoms with Crippen LogP contribution in [0.1, 0.15) is 30.9 Å². The summed E-state index contributed by atoms with van der Waals surface area (Å²) in [6.45, 7) is 5.66. The molecule has 4 rings (SSSR count). The standard InChI is InChI=1S/C21H23F3N4/c1-14-6-9-28(10-7-14)13-19-26-12-16-5-4-15(11-18(16)27-19)20-17(21(22,23)24)3-2-8-25-20/h2-5,8,11,14H,6-7,9-10,12-13H2,1H3,(H,26,27). The maximum Gasteiger partial charge on any atom is 0.418 e. The SMILES string of the molecule is CC1CCN(CC2=NCc3ccc(-c4ncccc4C(F)(F)F)cc3N2)CC1. The van der Waals surface area contributed by atoms with E-state index in [1.165, 1.54) is 25.1 Å². The van der Waals surface area contributed by atoms with Gasteiger partial charge < -0.3 is 5.32 Å². The van der Waals surface area contributed by atoms with Gasteiger partial charge in [0, 0.05) is 17.4 Å². The molecule has 0 aliphatic carbocycles. The van der Waals surface area contributed by atoms with E-state index in [1.54, 1.807) is 12.1 Å². The Balaban J connectivity index is 1.55. The number of likely N-dealkylation sites (tertiary alicyclic amines) is 1. The Kier molecular flexibility index (Phi) is 5.10. The van der Waals surface area contributed by atoms with Gasteiger partial charge in [0.25, 0.3) is 0 Å². The molecule has 2 aliphatic heterocycles. The van der Waals surface area contributed by atoms with Crippen molar-refractivity contribution in [1.82, 2.24) is 9.88 Å². The molecule has 4 nitrogen and oxygen atoms in total. The van der Waals surface area contributed by atoms with Gasteiger partial charge in [0.1, 0.15) is 5.84 Å². The van der Waals surface area contributed by atoms with Gasteiger partial charge in [-0.25, -0.2) is 0 Å². The molecule has 1 N–H and O–H groups in total. The fourth-order valence-electron chi connectivity index (χ4n) is 3.74. The van der Waals surface area contributed by atoms with E-state index in [-0.39, 0.29) is 5.69 Å². The van der Waals surface area contributed by atoms with E-state index < -0.39 is 11.7 Å². The zero-order valence-corrected chi connectivity index (χ0v) is 15.8. The van der Waals surface area contributed by atoms with Gasteiger partial charge in [0.15, 0.2) is 0 Å². The number of nitrogens with zero attached hydrogens (tertiary/aromatic N) is 3. The van der Waals surface area contributed by atoms with Crippen LogP contribution in [0, 0.1) is 5.92 Å². The number of rotatable bonds is 3. The molecule has 1 aromatic carbocycles. The minimum absolute atomic E-state index is 0.0475. The molecule has 0 saturated carbocycles. The van der Waals surface area contributed by atoms with E-state index >= 15 is 0 Å². The maximum atomic E-state index is 13.3. The number of alkyl halides is 3. The Morgan fingerprint density at radius 3 is 2.71 bits per heavy atom. The number of aliphatic imine (C=N–C) groups is 1. The highest BCUT2D eigenvalue weighted by Gasteiger charge is 2.34. The first-order valence-corrected chi connectivity index (χ1v) is 9.58. The molecule has 1 aromatic heterocycles. The average molecular weight is 388 g/mol. The molecule has 0 radical (unpaired) electrons. The molecule has 0 bridgehead atoms. The number of nitrogens with one attached hydrogen (secondary N) is 1. The molecule has 28 heavy (non-hydrogen) atoms. The van der Waals surface area contributed by atoms with Crippen LogP contribution in [-0.4, -0.2) is 35.4 Å². The molecule has 1 saturated heterocycles. The third-order valence-corrected chi connectivity index (χ3v) is 5.47. The van der Waals surface area contributed by atoms with E-state index in [4.69, 9.17) is 0 Å². The van der Waals surface area contributed by atoms with Crippen molar-refractivity contribution in [3.63, 3.8) is 0 Å². The molecular formula is C21H23F3N4. The fraction of sp³-hybridized carbons (Fsp3) is 0.429. The summed E-state index contributed by atoms with van der Waals surface area (Å²) in [5.41, 5.74) is 1.47. The Bertz CT molecular complexity index is 883. The van der Waals surface area contributed by atoms with Crippen LogP contribution in [0.15, 0.2) is 41.5 Å². The predicted molar refractivity (Wildman–Crippen MR) is 104 cm³/mol. The van der Waals surface area contributed by atoms with Gasteiger partial charge in [-0.2, -0.15) is 13.2 Å². The molecule has 2 aliphatic rings. The van der Waals surface area contributed by atoms with E-state index in [2.05, 4.69) is 27.1 Å². The summed E-state index contributed by atoms with van der Waals surface area (Å²) < 4.78 is 40.0. The first-order valence-electron chi connectivity index (χ1n) is 9.58. The highest BCUT2D eigenvalue weighted by atomic mass is 19.4. The summed E-state index contributed by atoms with van der Waals surface area (Å²) in [7, 11) is 0. The molecule has 1 fully saturated rings. The third kappa shape index (κ3) is 4.04. The number of halogens is 3. The highest BCUT2D eigenvalue weighted by Crippen LogP contribution is 2.37. The second-order valence-corrected chi connectivity index (χ2v) is 7.62. The minimum Gasteiger partial charge on any atom is -0.343 e. The van der Waals surface area contributed by atoms with Crippen LogP contribution in [0.25, 0.3) is 11.3 Å². The van der Waals surface area contributed by atoms with Gasteiger partial charge in [-0.05, 0) is 55.6 Å².